The summed E-state index contributed by atoms with van der Waals surface area (Å²) in [6, 6.07) is 0. The summed E-state index contributed by atoms with van der Waals surface area (Å²) in [7, 11) is 0. The van der Waals surface area contributed by atoms with Crippen molar-refractivity contribution >= 4 is 107 Å². The molecule has 0 aliphatic heterocycles. The molecule has 16 heavy (non-hydrogen) atoms. The van der Waals surface area contributed by atoms with Crippen LogP contribution in [0.2, 0.25) is 0 Å². The minimum atomic E-state index is -0.789. The van der Waals surface area contributed by atoms with Crippen molar-refractivity contribution in [3.8, 4) is 0 Å². The van der Waals surface area contributed by atoms with E-state index in [-0.39, 0.29) is 94.1 Å². The molecule has 0 aliphatic rings. The van der Waals surface area contributed by atoms with Crippen LogP contribution in [0.15, 0.2) is 0 Å². The van der Waals surface area contributed by atoms with E-state index in [1.54, 1.807) is 0 Å². The molecule has 0 unspecified atom stereocenters. The van der Waals surface area contributed by atoms with Gasteiger partial charge in [-0.3, -0.25) is 14.4 Å². The second kappa shape index (κ2) is 14.4. The van der Waals surface area contributed by atoms with E-state index in [4.69, 9.17) is 0 Å². The Balaban J connectivity index is -0.000000240. The molecule has 0 heterocycles. The zero-order valence-corrected chi connectivity index (χ0v) is 16.4. The fourth-order valence-electron chi connectivity index (χ4n) is 0.371. The smallest absolute Gasteiger partial charge is 0.301 e. The van der Waals surface area contributed by atoms with Gasteiger partial charge in [0.1, 0.15) is 0 Å². The van der Waals surface area contributed by atoms with Crippen LogP contribution in [0.3, 0.4) is 0 Å². The van der Waals surface area contributed by atoms with E-state index in [1.165, 1.54) is 0 Å². The Kier molecular flexibility index (Phi) is 23.5. The number of carbonyl (C=O) groups is 3. The Bertz CT molecular complexity index is 198. The minimum absolute atomic E-state index is 0. The van der Waals surface area contributed by atoms with Gasteiger partial charge in [0, 0.05) is 109 Å². The predicted molar refractivity (Wildman–Crippen MR) is 54.4 cm³/mol. The molecule has 77 valence electrons. The Morgan fingerprint density at radius 1 is 0.688 bits per heavy atom. The van der Waals surface area contributed by atoms with E-state index >= 15 is 0 Å². The zero-order chi connectivity index (χ0) is 10.4. The standard InChI is InChI=1S/C6H9NO6.3Na/c1-4(8)11-7(12-5(2)9)13-6(3)10;;;/h1-3H3;;;. The first kappa shape index (κ1) is 26.0. The van der Waals surface area contributed by atoms with Crippen LogP contribution in [0.25, 0.3) is 0 Å². The molecule has 0 aromatic rings. The van der Waals surface area contributed by atoms with Crippen molar-refractivity contribution in [3.63, 3.8) is 0 Å². The molecule has 0 saturated carbocycles. The first-order valence-electron chi connectivity index (χ1n) is 3.27. The summed E-state index contributed by atoms with van der Waals surface area (Å²) < 4.78 is 0. The molecule has 0 atom stereocenters. The molecule has 0 N–H and O–H groups in total. The molecule has 7 nitrogen and oxygen atoms in total. The maximum absolute atomic E-state index is 10.4. The van der Waals surface area contributed by atoms with Gasteiger partial charge in [-0.25, -0.2) is 0 Å². The van der Waals surface area contributed by atoms with Gasteiger partial charge in [0.15, 0.2) is 0 Å². The van der Waals surface area contributed by atoms with E-state index in [1.807, 2.05) is 0 Å². The topological polar surface area (TPSA) is 82.1 Å². The van der Waals surface area contributed by atoms with Crippen LogP contribution in [0.4, 0.5) is 0 Å². The van der Waals surface area contributed by atoms with Crippen LogP contribution in [-0.4, -0.2) is 112 Å². The van der Waals surface area contributed by atoms with Gasteiger partial charge in [0.05, 0.1) is 0 Å². The van der Waals surface area contributed by atoms with E-state index in [0.29, 0.717) is 0 Å². The van der Waals surface area contributed by atoms with Gasteiger partial charge in [-0.15, -0.1) is 0 Å². The molecule has 0 saturated heterocycles. The number of hydrogen-bond acceptors (Lipinski definition) is 7. The maximum atomic E-state index is 10.4. The van der Waals surface area contributed by atoms with Crippen molar-refractivity contribution < 1.29 is 28.9 Å². The van der Waals surface area contributed by atoms with Crippen LogP contribution in [0.1, 0.15) is 20.8 Å². The van der Waals surface area contributed by atoms with Crippen molar-refractivity contribution in [2.75, 3.05) is 0 Å². The molecule has 0 bridgehead atoms. The summed E-state index contributed by atoms with van der Waals surface area (Å²) in [4.78, 5) is 43.7. The fraction of sp³-hybridized carbons (Fsp3) is 0.500. The van der Waals surface area contributed by atoms with Gasteiger partial charge < -0.3 is 14.5 Å². The van der Waals surface area contributed by atoms with Crippen molar-refractivity contribution in [1.29, 1.82) is 0 Å². The van der Waals surface area contributed by atoms with Crippen LogP contribution < -0.4 is 0 Å². The summed E-state index contributed by atoms with van der Waals surface area (Å²) in [5.41, 5.74) is 0. The summed E-state index contributed by atoms with van der Waals surface area (Å²) >= 11 is 0. The first-order valence-corrected chi connectivity index (χ1v) is 3.27. The number of carbonyl (C=O) groups excluding carboxylic acids is 3. The van der Waals surface area contributed by atoms with Crippen molar-refractivity contribution in [3.05, 3.63) is 0 Å². The third-order valence-electron chi connectivity index (χ3n) is 0.609. The number of hydrogen-bond donors (Lipinski definition) is 0. The van der Waals surface area contributed by atoms with E-state index in [0.717, 1.165) is 20.8 Å². The van der Waals surface area contributed by atoms with Gasteiger partial charge in [-0.1, -0.05) is 0 Å². The Morgan fingerprint density at radius 3 is 1.00 bits per heavy atom. The van der Waals surface area contributed by atoms with E-state index < -0.39 is 17.9 Å². The maximum Gasteiger partial charge on any atom is 0.329 e. The molecule has 0 spiro atoms. The largest absolute Gasteiger partial charge is 0.329 e. The average molecular weight is 260 g/mol. The SMILES string of the molecule is CC(=O)ON(OC(C)=O)OC(C)=O.[Na].[Na].[Na]. The molecule has 0 aromatic carbocycles. The summed E-state index contributed by atoms with van der Waals surface area (Å²) in [6.07, 6.45) is 0. The van der Waals surface area contributed by atoms with Gasteiger partial charge in [0.25, 0.3) is 0 Å². The first-order chi connectivity index (χ1) is 5.91. The summed E-state index contributed by atoms with van der Waals surface area (Å²) in [5, 5.41) is 0.0486. The predicted octanol–water partition coefficient (Wildman–Crippen LogP) is -1.42. The van der Waals surface area contributed by atoms with Gasteiger partial charge >= 0.3 is 17.9 Å². The molecule has 0 amide bonds. The van der Waals surface area contributed by atoms with Crippen LogP contribution >= 0.6 is 0 Å². The van der Waals surface area contributed by atoms with Crippen LogP contribution in [0.5, 0.6) is 0 Å². The Morgan fingerprint density at radius 2 is 0.875 bits per heavy atom. The second-order valence-corrected chi connectivity index (χ2v) is 1.97. The van der Waals surface area contributed by atoms with Crippen molar-refractivity contribution in [2.24, 2.45) is 0 Å². The van der Waals surface area contributed by atoms with Gasteiger partial charge in [-0.2, -0.15) is 0 Å². The number of nitrogens with zero attached hydrogens (tertiary/aromatic N) is 1. The molecule has 0 aromatic heterocycles. The Hall–Kier alpha value is 1.37. The van der Waals surface area contributed by atoms with Gasteiger partial charge in [-0.05, 0) is 0 Å². The van der Waals surface area contributed by atoms with Crippen molar-refractivity contribution in [1.82, 2.24) is 5.39 Å². The molecule has 0 fully saturated rings. The molecular formula is C6H9NNa3O6. The minimum Gasteiger partial charge on any atom is -0.301 e. The van der Waals surface area contributed by atoms with Crippen LogP contribution in [-0.2, 0) is 28.9 Å². The summed E-state index contributed by atoms with van der Waals surface area (Å²) in [6.45, 7) is 3.17. The monoisotopic (exact) mass is 260 g/mol. The molecule has 0 aliphatic carbocycles. The third kappa shape index (κ3) is 17.8. The normalized spacial score (nSPS) is 7.50. The van der Waals surface area contributed by atoms with E-state index in [9.17, 15) is 14.4 Å². The molecule has 0 rings (SSSR count). The second-order valence-electron chi connectivity index (χ2n) is 1.97. The average Bonchev–Trinajstić information content (AvgIpc) is 1.80. The Labute approximate surface area is 159 Å². The summed E-state index contributed by atoms with van der Waals surface area (Å²) in [5.74, 6) is -2.37. The quantitative estimate of drug-likeness (QED) is 0.455. The zero-order valence-electron chi connectivity index (χ0n) is 10.4. The van der Waals surface area contributed by atoms with E-state index in [2.05, 4.69) is 14.5 Å². The van der Waals surface area contributed by atoms with Crippen LogP contribution in [0, 0.1) is 0 Å². The number of rotatable bonds is 3. The molecular weight excluding hydrogens is 251 g/mol. The fourth-order valence-corrected chi connectivity index (χ4v) is 0.371. The van der Waals surface area contributed by atoms with Gasteiger partial charge in [0.2, 0.25) is 5.39 Å². The third-order valence-corrected chi connectivity index (χ3v) is 0.609. The molecule has 10 heteroatoms. The molecule has 3 radical (unpaired) electrons. The van der Waals surface area contributed by atoms with Crippen molar-refractivity contribution in [2.45, 2.75) is 20.8 Å².